The minimum Gasteiger partial charge on any atom is -0.465 e. The van der Waals surface area contributed by atoms with Crippen LogP contribution in [0.15, 0.2) is 112 Å². The largest absolute Gasteiger partial charge is 0.465 e. The van der Waals surface area contributed by atoms with Gasteiger partial charge in [0.25, 0.3) is 11.8 Å². The zero-order valence-corrected chi connectivity index (χ0v) is 20.3. The topological polar surface area (TPSA) is 100 Å². The first-order chi connectivity index (χ1) is 18.0. The van der Waals surface area contributed by atoms with Gasteiger partial charge < -0.3 is 20.4 Å². The summed E-state index contributed by atoms with van der Waals surface area (Å²) in [6.07, 6.45) is 2.90. The van der Waals surface area contributed by atoms with E-state index in [-0.39, 0.29) is 23.2 Å². The summed E-state index contributed by atoms with van der Waals surface area (Å²) >= 11 is 1.28. The second-order valence-electron chi connectivity index (χ2n) is 7.72. The minimum absolute atomic E-state index is 0.000495. The van der Waals surface area contributed by atoms with Crippen LogP contribution in [0.4, 0.5) is 15.8 Å². The monoisotopic (exact) mass is 515 g/mol. The van der Waals surface area contributed by atoms with Gasteiger partial charge in [-0.15, -0.1) is 11.8 Å². The van der Waals surface area contributed by atoms with Crippen molar-refractivity contribution >= 4 is 46.9 Å². The first-order valence-electron chi connectivity index (χ1n) is 11.2. The Hall–Kier alpha value is -4.63. The number of benzene rings is 3. The Morgan fingerprint density at radius 1 is 0.838 bits per heavy atom. The van der Waals surface area contributed by atoms with E-state index < -0.39 is 11.8 Å². The summed E-state index contributed by atoms with van der Waals surface area (Å²) in [7, 11) is 0. The number of hydrogen-bond acceptors (Lipinski definition) is 5. The fourth-order valence-electron chi connectivity index (χ4n) is 3.20. The fourth-order valence-corrected chi connectivity index (χ4v) is 3.95. The highest BCUT2D eigenvalue weighted by atomic mass is 32.2. The van der Waals surface area contributed by atoms with E-state index >= 15 is 0 Å². The summed E-state index contributed by atoms with van der Waals surface area (Å²) < 4.78 is 18.3. The predicted molar refractivity (Wildman–Crippen MR) is 141 cm³/mol. The Labute approximate surface area is 216 Å². The summed E-state index contributed by atoms with van der Waals surface area (Å²) in [6.45, 7) is 0. The summed E-state index contributed by atoms with van der Waals surface area (Å²) in [4.78, 5) is 38.7. The molecule has 4 rings (SSSR count). The van der Waals surface area contributed by atoms with Gasteiger partial charge in [-0.3, -0.25) is 14.4 Å². The summed E-state index contributed by atoms with van der Waals surface area (Å²) in [5.41, 5.74) is 1.38. The molecule has 186 valence electrons. The van der Waals surface area contributed by atoms with Crippen LogP contribution in [0.1, 0.15) is 16.1 Å². The van der Waals surface area contributed by atoms with Crippen LogP contribution < -0.4 is 16.0 Å². The van der Waals surface area contributed by atoms with E-state index in [1.54, 1.807) is 60.7 Å². The fraction of sp³-hybridized carbons (Fsp3) is 0.0357. The highest BCUT2D eigenvalue weighted by molar-refractivity contribution is 8.00. The molecule has 0 saturated heterocycles. The maximum absolute atomic E-state index is 13.1. The molecule has 0 aliphatic rings. The Morgan fingerprint density at radius 2 is 1.62 bits per heavy atom. The molecule has 0 saturated carbocycles. The van der Waals surface area contributed by atoms with Crippen LogP contribution in [-0.4, -0.2) is 23.5 Å². The molecule has 9 heteroatoms. The van der Waals surface area contributed by atoms with Gasteiger partial charge in [-0.1, -0.05) is 24.3 Å². The summed E-state index contributed by atoms with van der Waals surface area (Å²) in [6, 6.07) is 24.4. The molecule has 3 N–H and O–H groups in total. The molecule has 0 bridgehead atoms. The normalized spacial score (nSPS) is 11.0. The minimum atomic E-state index is -0.545. The average molecular weight is 516 g/mol. The molecule has 1 heterocycles. The molecule has 1 aromatic heterocycles. The number of rotatable bonds is 9. The van der Waals surface area contributed by atoms with E-state index in [9.17, 15) is 18.8 Å². The zero-order chi connectivity index (χ0) is 26.0. The highest BCUT2D eigenvalue weighted by Crippen LogP contribution is 2.22. The number of nitrogens with one attached hydrogen (secondary N) is 3. The molecule has 0 fully saturated rings. The van der Waals surface area contributed by atoms with Gasteiger partial charge in [-0.25, -0.2) is 4.39 Å². The highest BCUT2D eigenvalue weighted by Gasteiger charge is 2.16. The third-order valence-electron chi connectivity index (χ3n) is 4.95. The number of furan rings is 1. The number of carbonyl (C=O) groups excluding carboxylic acids is 3. The Bertz CT molecular complexity index is 1410. The molecular formula is C28H22FN3O4S. The van der Waals surface area contributed by atoms with Crippen LogP contribution in [0.25, 0.3) is 6.08 Å². The smallest absolute Gasteiger partial charge is 0.272 e. The standard InChI is InChI=1S/C28H22FN3O4S/c29-20-11-13-21(14-12-20)30-26(33)18-37-24-10-4-8-22(16-24)31-28(35)25(17-23-9-5-15-36-23)32-27(34)19-6-2-1-3-7-19/h1-17H,18H2,(H,30,33)(H,31,35)(H,32,34)/b25-17-. The molecule has 0 unspecified atom stereocenters. The van der Waals surface area contributed by atoms with Gasteiger partial charge in [0.1, 0.15) is 17.3 Å². The first kappa shape index (κ1) is 25.5. The van der Waals surface area contributed by atoms with E-state index in [1.165, 1.54) is 48.4 Å². The van der Waals surface area contributed by atoms with Gasteiger partial charge in [0.15, 0.2) is 0 Å². The average Bonchev–Trinajstić information content (AvgIpc) is 3.42. The maximum atomic E-state index is 13.1. The summed E-state index contributed by atoms with van der Waals surface area (Å²) in [5, 5.41) is 8.11. The third kappa shape index (κ3) is 7.68. The molecule has 0 aliphatic heterocycles. The van der Waals surface area contributed by atoms with Gasteiger partial charge in [0, 0.05) is 27.9 Å². The van der Waals surface area contributed by atoms with Crippen LogP contribution in [0.3, 0.4) is 0 Å². The Kier molecular flexibility index (Phi) is 8.51. The molecule has 0 radical (unpaired) electrons. The van der Waals surface area contributed by atoms with E-state index in [2.05, 4.69) is 16.0 Å². The molecule has 3 amide bonds. The molecule has 3 aromatic carbocycles. The predicted octanol–water partition coefficient (Wildman–Crippen LogP) is 5.56. The van der Waals surface area contributed by atoms with Crippen molar-refractivity contribution in [3.05, 3.63) is 120 Å². The lowest BCUT2D eigenvalue weighted by atomic mass is 10.2. The Morgan fingerprint density at radius 3 is 2.35 bits per heavy atom. The second-order valence-corrected chi connectivity index (χ2v) is 8.77. The number of carbonyl (C=O) groups is 3. The molecular weight excluding hydrogens is 493 g/mol. The quantitative estimate of drug-likeness (QED) is 0.200. The van der Waals surface area contributed by atoms with Gasteiger partial charge >= 0.3 is 0 Å². The van der Waals surface area contributed by atoms with Crippen LogP contribution >= 0.6 is 11.8 Å². The van der Waals surface area contributed by atoms with Gasteiger partial charge in [-0.2, -0.15) is 0 Å². The van der Waals surface area contributed by atoms with Crippen LogP contribution in [-0.2, 0) is 9.59 Å². The van der Waals surface area contributed by atoms with Crippen molar-refractivity contribution in [3.8, 4) is 0 Å². The first-order valence-corrected chi connectivity index (χ1v) is 12.2. The van der Waals surface area contributed by atoms with Crippen LogP contribution in [0.2, 0.25) is 0 Å². The molecule has 0 spiro atoms. The van der Waals surface area contributed by atoms with Crippen molar-refractivity contribution in [2.75, 3.05) is 16.4 Å². The van der Waals surface area contributed by atoms with Gasteiger partial charge in [0.2, 0.25) is 5.91 Å². The molecule has 4 aromatic rings. The number of hydrogen-bond donors (Lipinski definition) is 3. The molecule has 0 aliphatic carbocycles. The number of amides is 3. The maximum Gasteiger partial charge on any atom is 0.272 e. The van der Waals surface area contributed by atoms with E-state index in [0.29, 0.717) is 22.7 Å². The number of thioether (sulfide) groups is 1. The second kappa shape index (κ2) is 12.4. The number of anilines is 2. The van der Waals surface area contributed by atoms with Crippen LogP contribution in [0.5, 0.6) is 0 Å². The van der Waals surface area contributed by atoms with Crippen molar-refractivity contribution in [2.45, 2.75) is 4.90 Å². The van der Waals surface area contributed by atoms with E-state index in [1.807, 2.05) is 6.07 Å². The van der Waals surface area contributed by atoms with Crippen molar-refractivity contribution < 1.29 is 23.2 Å². The number of halogens is 1. The van der Waals surface area contributed by atoms with E-state index in [0.717, 1.165) is 4.90 Å². The van der Waals surface area contributed by atoms with Crippen molar-refractivity contribution in [3.63, 3.8) is 0 Å². The summed E-state index contributed by atoms with van der Waals surface area (Å²) in [5.74, 6) is -1.10. The van der Waals surface area contributed by atoms with Gasteiger partial charge in [-0.05, 0) is 66.7 Å². The lowest BCUT2D eigenvalue weighted by molar-refractivity contribution is -0.114. The van der Waals surface area contributed by atoms with Crippen molar-refractivity contribution in [2.24, 2.45) is 0 Å². The van der Waals surface area contributed by atoms with Crippen molar-refractivity contribution in [1.29, 1.82) is 0 Å². The molecule has 7 nitrogen and oxygen atoms in total. The molecule has 37 heavy (non-hydrogen) atoms. The van der Waals surface area contributed by atoms with Crippen LogP contribution in [0, 0.1) is 5.82 Å². The lowest BCUT2D eigenvalue weighted by Gasteiger charge is -2.12. The Balaban J connectivity index is 1.40. The van der Waals surface area contributed by atoms with Crippen molar-refractivity contribution in [1.82, 2.24) is 5.32 Å². The SMILES string of the molecule is O=C(CSc1cccc(NC(=O)/C(=C/c2ccco2)NC(=O)c2ccccc2)c1)Nc1ccc(F)cc1. The third-order valence-corrected chi connectivity index (χ3v) is 5.94. The lowest BCUT2D eigenvalue weighted by Crippen LogP contribution is -2.30. The van der Waals surface area contributed by atoms with Gasteiger partial charge in [0.05, 0.1) is 12.0 Å². The zero-order valence-electron chi connectivity index (χ0n) is 19.4. The van der Waals surface area contributed by atoms with E-state index in [4.69, 9.17) is 4.42 Å². The molecule has 0 atom stereocenters.